The lowest BCUT2D eigenvalue weighted by Gasteiger charge is -2.06. The van der Waals surface area contributed by atoms with Crippen LogP contribution in [0.4, 0.5) is 0 Å². The van der Waals surface area contributed by atoms with Gasteiger partial charge in [-0.3, -0.25) is 0 Å². The van der Waals surface area contributed by atoms with Gasteiger partial charge in [0.25, 0.3) is 0 Å². The van der Waals surface area contributed by atoms with Crippen LogP contribution in [-0.4, -0.2) is 13.6 Å². The molecule has 3 aromatic rings. The summed E-state index contributed by atoms with van der Waals surface area (Å²) in [5, 5.41) is 5.49. The Labute approximate surface area is 99.4 Å². The Hall–Kier alpha value is -1.74. The molecule has 0 aliphatic heterocycles. The maximum atomic E-state index is 5.63. The molecule has 1 N–H and O–H groups in total. The van der Waals surface area contributed by atoms with E-state index in [-0.39, 0.29) is 0 Å². The molecule has 0 unspecified atom stereocenters. The van der Waals surface area contributed by atoms with Crippen LogP contribution in [0.15, 0.2) is 33.5 Å². The van der Waals surface area contributed by atoms with Crippen LogP contribution in [0.3, 0.4) is 0 Å². The smallest absolute Gasteiger partial charge is 0.138 e. The standard InChI is InChI=1S/C14H15NO2/c1-9-10-4-7-17-14(10)11(3-6-15-2)12-5-8-16-13(9)12/h4-5,7-8,15H,3,6H2,1-2H3. The number of benzene rings is 1. The first kappa shape index (κ1) is 10.4. The fraction of sp³-hybridized carbons (Fsp3) is 0.286. The zero-order valence-corrected chi connectivity index (χ0v) is 10.0. The van der Waals surface area contributed by atoms with Gasteiger partial charge < -0.3 is 14.2 Å². The minimum Gasteiger partial charge on any atom is -0.464 e. The molecular weight excluding hydrogens is 214 g/mol. The fourth-order valence-electron chi connectivity index (χ4n) is 2.42. The zero-order chi connectivity index (χ0) is 11.8. The van der Waals surface area contributed by atoms with Gasteiger partial charge in [-0.25, -0.2) is 0 Å². The third kappa shape index (κ3) is 1.46. The van der Waals surface area contributed by atoms with Crippen LogP contribution in [0.1, 0.15) is 11.1 Å². The Balaban J connectivity index is 2.35. The first-order valence-electron chi connectivity index (χ1n) is 5.83. The van der Waals surface area contributed by atoms with E-state index in [4.69, 9.17) is 8.83 Å². The maximum Gasteiger partial charge on any atom is 0.138 e. The van der Waals surface area contributed by atoms with Gasteiger partial charge in [0.05, 0.1) is 12.5 Å². The van der Waals surface area contributed by atoms with Crippen molar-refractivity contribution in [2.24, 2.45) is 0 Å². The summed E-state index contributed by atoms with van der Waals surface area (Å²) in [6.07, 6.45) is 4.44. The highest BCUT2D eigenvalue weighted by Gasteiger charge is 2.15. The van der Waals surface area contributed by atoms with Crippen LogP contribution in [-0.2, 0) is 6.42 Å². The number of hydrogen-bond donors (Lipinski definition) is 1. The molecule has 3 rings (SSSR count). The van der Waals surface area contributed by atoms with Crippen molar-refractivity contribution < 1.29 is 8.83 Å². The normalized spacial score (nSPS) is 11.6. The lowest BCUT2D eigenvalue weighted by atomic mass is 10.0. The van der Waals surface area contributed by atoms with Gasteiger partial charge in [0.15, 0.2) is 0 Å². The van der Waals surface area contributed by atoms with Crippen molar-refractivity contribution in [3.8, 4) is 0 Å². The summed E-state index contributed by atoms with van der Waals surface area (Å²) < 4.78 is 11.2. The minimum absolute atomic E-state index is 0.930. The fourth-order valence-corrected chi connectivity index (χ4v) is 2.42. The Kier molecular flexibility index (Phi) is 2.41. The summed E-state index contributed by atoms with van der Waals surface area (Å²) in [4.78, 5) is 0. The Morgan fingerprint density at radius 1 is 1.06 bits per heavy atom. The summed E-state index contributed by atoms with van der Waals surface area (Å²) in [5.74, 6) is 0. The van der Waals surface area contributed by atoms with Gasteiger partial charge in [-0.05, 0) is 39.1 Å². The second kappa shape index (κ2) is 3.93. The molecule has 3 heteroatoms. The summed E-state index contributed by atoms with van der Waals surface area (Å²) in [5.41, 5.74) is 4.35. The number of fused-ring (bicyclic) bond motifs is 2. The van der Waals surface area contributed by atoms with Crippen molar-refractivity contribution in [1.29, 1.82) is 0 Å². The van der Waals surface area contributed by atoms with E-state index in [1.54, 1.807) is 12.5 Å². The molecule has 0 aliphatic rings. The highest BCUT2D eigenvalue weighted by atomic mass is 16.3. The molecule has 0 radical (unpaired) electrons. The summed E-state index contributed by atoms with van der Waals surface area (Å²) in [7, 11) is 1.96. The first-order valence-corrected chi connectivity index (χ1v) is 5.83. The van der Waals surface area contributed by atoms with E-state index >= 15 is 0 Å². The van der Waals surface area contributed by atoms with Crippen LogP contribution < -0.4 is 5.32 Å². The van der Waals surface area contributed by atoms with E-state index in [9.17, 15) is 0 Å². The van der Waals surface area contributed by atoms with E-state index in [1.165, 1.54) is 10.9 Å². The maximum absolute atomic E-state index is 5.63. The van der Waals surface area contributed by atoms with E-state index < -0.39 is 0 Å². The van der Waals surface area contributed by atoms with Gasteiger partial charge in [0, 0.05) is 21.9 Å². The Morgan fingerprint density at radius 3 is 2.53 bits per heavy atom. The second-order valence-electron chi connectivity index (χ2n) is 4.28. The molecule has 0 saturated heterocycles. The molecule has 2 aromatic heterocycles. The molecule has 3 nitrogen and oxygen atoms in total. The van der Waals surface area contributed by atoms with Crippen molar-refractivity contribution in [2.45, 2.75) is 13.3 Å². The molecule has 0 amide bonds. The number of rotatable bonds is 3. The minimum atomic E-state index is 0.930. The average molecular weight is 229 g/mol. The van der Waals surface area contributed by atoms with Crippen LogP contribution in [0.2, 0.25) is 0 Å². The first-order chi connectivity index (χ1) is 8.33. The predicted octanol–water partition coefficient (Wildman–Crippen LogP) is 3.25. The number of aryl methyl sites for hydroxylation is 1. The second-order valence-corrected chi connectivity index (χ2v) is 4.28. The molecule has 0 atom stereocenters. The summed E-state index contributed by atoms with van der Waals surface area (Å²) >= 11 is 0. The van der Waals surface area contributed by atoms with E-state index in [2.05, 4.69) is 12.2 Å². The van der Waals surface area contributed by atoms with Gasteiger partial charge in [-0.1, -0.05) is 0 Å². The summed E-state index contributed by atoms with van der Waals surface area (Å²) in [6, 6.07) is 4.03. The lowest BCUT2D eigenvalue weighted by Crippen LogP contribution is -2.10. The Morgan fingerprint density at radius 2 is 1.76 bits per heavy atom. The predicted molar refractivity (Wildman–Crippen MR) is 68.4 cm³/mol. The number of likely N-dealkylation sites (N-methyl/N-ethyl adjacent to an activating group) is 1. The van der Waals surface area contributed by atoms with Crippen molar-refractivity contribution in [3.63, 3.8) is 0 Å². The molecule has 0 aliphatic carbocycles. The van der Waals surface area contributed by atoms with Crippen LogP contribution in [0, 0.1) is 6.92 Å². The van der Waals surface area contributed by atoms with Crippen molar-refractivity contribution >= 4 is 21.9 Å². The topological polar surface area (TPSA) is 38.3 Å². The third-order valence-electron chi connectivity index (χ3n) is 3.30. The van der Waals surface area contributed by atoms with Gasteiger partial charge in [-0.2, -0.15) is 0 Å². The Bertz CT molecular complexity index is 612. The molecule has 1 aromatic carbocycles. The van der Waals surface area contributed by atoms with Crippen molar-refractivity contribution in [2.75, 3.05) is 13.6 Å². The number of furan rings is 2. The van der Waals surface area contributed by atoms with Crippen LogP contribution in [0.25, 0.3) is 21.9 Å². The highest BCUT2D eigenvalue weighted by Crippen LogP contribution is 2.33. The molecule has 0 spiro atoms. The molecular formula is C14H15NO2. The lowest BCUT2D eigenvalue weighted by molar-refractivity contribution is 0.606. The molecule has 0 saturated carbocycles. The van der Waals surface area contributed by atoms with Gasteiger partial charge in [0.1, 0.15) is 11.2 Å². The number of hydrogen-bond acceptors (Lipinski definition) is 3. The average Bonchev–Trinajstić information content (AvgIpc) is 2.97. The van der Waals surface area contributed by atoms with Crippen LogP contribution >= 0.6 is 0 Å². The van der Waals surface area contributed by atoms with Gasteiger partial charge in [0.2, 0.25) is 0 Å². The monoisotopic (exact) mass is 229 g/mol. The molecule has 88 valence electrons. The highest BCUT2D eigenvalue weighted by molar-refractivity contribution is 6.01. The summed E-state index contributed by atoms with van der Waals surface area (Å²) in [6.45, 7) is 3.00. The third-order valence-corrected chi connectivity index (χ3v) is 3.30. The zero-order valence-electron chi connectivity index (χ0n) is 10.0. The van der Waals surface area contributed by atoms with E-state index in [0.717, 1.165) is 35.1 Å². The van der Waals surface area contributed by atoms with Gasteiger partial charge >= 0.3 is 0 Å². The largest absolute Gasteiger partial charge is 0.464 e. The SMILES string of the molecule is CNCCc1c2ccoc2c(C)c2ccoc12. The number of nitrogens with one attached hydrogen (secondary N) is 1. The molecule has 2 heterocycles. The quantitative estimate of drug-likeness (QED) is 0.749. The molecule has 17 heavy (non-hydrogen) atoms. The van der Waals surface area contributed by atoms with Crippen LogP contribution in [0.5, 0.6) is 0 Å². The van der Waals surface area contributed by atoms with E-state index in [1.807, 2.05) is 19.2 Å². The molecule has 0 bridgehead atoms. The van der Waals surface area contributed by atoms with E-state index in [0.29, 0.717) is 0 Å². The molecule has 0 fully saturated rings. The van der Waals surface area contributed by atoms with Crippen molar-refractivity contribution in [1.82, 2.24) is 5.32 Å². The van der Waals surface area contributed by atoms with Crippen molar-refractivity contribution in [3.05, 3.63) is 35.8 Å². The van der Waals surface area contributed by atoms with Gasteiger partial charge in [-0.15, -0.1) is 0 Å².